The van der Waals surface area contributed by atoms with Crippen LogP contribution >= 0.6 is 23.2 Å². The Balaban J connectivity index is 1.65. The minimum Gasteiger partial charge on any atom is -0.326 e. The quantitative estimate of drug-likeness (QED) is 0.745. The monoisotopic (exact) mass is 336 g/mol. The first-order chi connectivity index (χ1) is 10.6. The number of carbonyl (C=O) groups is 1. The molecule has 0 heterocycles. The number of benzene rings is 2. The minimum atomic E-state index is -0.0643. The topological polar surface area (TPSA) is 41.1 Å². The first kappa shape index (κ1) is 16.8. The lowest BCUT2D eigenvalue weighted by molar-refractivity contribution is -0.116. The fourth-order valence-electron chi connectivity index (χ4n) is 2.05. The molecule has 5 heteroatoms. The molecule has 116 valence electrons. The van der Waals surface area contributed by atoms with Crippen LogP contribution in [0.2, 0.25) is 10.0 Å². The van der Waals surface area contributed by atoms with Crippen LogP contribution < -0.4 is 10.6 Å². The third-order valence-electron chi connectivity index (χ3n) is 3.11. The van der Waals surface area contributed by atoms with Gasteiger partial charge in [0.2, 0.25) is 5.91 Å². The average Bonchev–Trinajstić information content (AvgIpc) is 2.47. The summed E-state index contributed by atoms with van der Waals surface area (Å²) in [4.78, 5) is 11.8. The third-order valence-corrected chi connectivity index (χ3v) is 3.54. The largest absolute Gasteiger partial charge is 0.326 e. The molecule has 0 atom stereocenters. The van der Waals surface area contributed by atoms with E-state index in [2.05, 4.69) is 22.8 Å². The Hall–Kier alpha value is -1.55. The summed E-state index contributed by atoms with van der Waals surface area (Å²) < 4.78 is 0. The van der Waals surface area contributed by atoms with E-state index in [1.54, 1.807) is 18.2 Å². The Morgan fingerprint density at radius 3 is 2.32 bits per heavy atom. The second-order valence-electron chi connectivity index (χ2n) is 4.94. The Bertz CT molecular complexity index is 597. The zero-order valence-corrected chi connectivity index (χ0v) is 13.6. The van der Waals surface area contributed by atoms with E-state index in [9.17, 15) is 4.79 Å². The smallest absolute Gasteiger partial charge is 0.225 e. The summed E-state index contributed by atoms with van der Waals surface area (Å²) in [6.07, 6.45) is 1.35. The van der Waals surface area contributed by atoms with Crippen molar-refractivity contribution in [3.05, 3.63) is 64.1 Å². The molecule has 0 bridgehead atoms. The Morgan fingerprint density at radius 1 is 0.955 bits per heavy atom. The maximum Gasteiger partial charge on any atom is 0.225 e. The summed E-state index contributed by atoms with van der Waals surface area (Å²) in [5, 5.41) is 7.05. The van der Waals surface area contributed by atoms with E-state index in [-0.39, 0.29) is 5.91 Å². The number of rotatable bonds is 7. The highest BCUT2D eigenvalue weighted by Crippen LogP contribution is 2.22. The molecule has 0 aromatic heterocycles. The molecule has 0 aliphatic heterocycles. The van der Waals surface area contributed by atoms with Crippen LogP contribution in [0.5, 0.6) is 0 Å². The maximum atomic E-state index is 11.8. The van der Waals surface area contributed by atoms with Crippen LogP contribution in [-0.2, 0) is 11.2 Å². The van der Waals surface area contributed by atoms with Crippen molar-refractivity contribution in [2.75, 3.05) is 18.4 Å². The predicted octanol–water partition coefficient (Wildman–Crippen LogP) is 4.15. The maximum absolute atomic E-state index is 11.8. The van der Waals surface area contributed by atoms with Crippen LogP contribution in [0.25, 0.3) is 0 Å². The zero-order valence-electron chi connectivity index (χ0n) is 12.1. The summed E-state index contributed by atoms with van der Waals surface area (Å²) in [5.74, 6) is -0.0643. The molecule has 0 radical (unpaired) electrons. The van der Waals surface area contributed by atoms with Gasteiger partial charge in [0.25, 0.3) is 0 Å². The number of carbonyl (C=O) groups excluding carboxylic acids is 1. The van der Waals surface area contributed by atoms with Gasteiger partial charge < -0.3 is 10.6 Å². The van der Waals surface area contributed by atoms with Crippen LogP contribution in [0.1, 0.15) is 12.0 Å². The molecular weight excluding hydrogens is 319 g/mol. The van der Waals surface area contributed by atoms with Crippen molar-refractivity contribution in [2.45, 2.75) is 12.8 Å². The summed E-state index contributed by atoms with van der Waals surface area (Å²) >= 11 is 11.8. The molecule has 3 nitrogen and oxygen atoms in total. The highest BCUT2D eigenvalue weighted by Gasteiger charge is 2.04. The number of halogens is 2. The molecule has 2 aromatic carbocycles. The number of amides is 1. The van der Waals surface area contributed by atoms with Crippen molar-refractivity contribution in [3.63, 3.8) is 0 Å². The van der Waals surface area contributed by atoms with E-state index in [4.69, 9.17) is 23.2 Å². The summed E-state index contributed by atoms with van der Waals surface area (Å²) in [5.41, 5.74) is 1.90. The molecule has 2 rings (SSSR count). The first-order valence-electron chi connectivity index (χ1n) is 7.14. The molecule has 1 amide bonds. The van der Waals surface area contributed by atoms with E-state index in [0.717, 1.165) is 13.0 Å². The van der Waals surface area contributed by atoms with Gasteiger partial charge in [-0.05, 0) is 36.7 Å². The predicted molar refractivity (Wildman–Crippen MR) is 92.7 cm³/mol. The van der Waals surface area contributed by atoms with Crippen LogP contribution in [-0.4, -0.2) is 19.0 Å². The highest BCUT2D eigenvalue weighted by atomic mass is 35.5. The number of hydrogen-bond acceptors (Lipinski definition) is 2. The molecule has 0 aliphatic rings. The van der Waals surface area contributed by atoms with Crippen molar-refractivity contribution in [2.24, 2.45) is 0 Å². The van der Waals surface area contributed by atoms with Crippen LogP contribution in [0, 0.1) is 0 Å². The molecule has 0 saturated carbocycles. The van der Waals surface area contributed by atoms with Gasteiger partial charge in [0.1, 0.15) is 0 Å². The molecule has 22 heavy (non-hydrogen) atoms. The second kappa shape index (κ2) is 8.79. The zero-order chi connectivity index (χ0) is 15.8. The molecule has 0 aliphatic carbocycles. The van der Waals surface area contributed by atoms with E-state index in [1.807, 2.05) is 18.2 Å². The average molecular weight is 337 g/mol. The molecule has 2 aromatic rings. The van der Waals surface area contributed by atoms with Crippen LogP contribution in [0.15, 0.2) is 48.5 Å². The first-order valence-corrected chi connectivity index (χ1v) is 7.89. The number of nitrogens with one attached hydrogen (secondary N) is 2. The summed E-state index contributed by atoms with van der Waals surface area (Å²) in [6.45, 7) is 1.48. The van der Waals surface area contributed by atoms with Crippen molar-refractivity contribution < 1.29 is 4.79 Å². The van der Waals surface area contributed by atoms with E-state index in [0.29, 0.717) is 28.7 Å². The molecule has 0 spiro atoms. The van der Waals surface area contributed by atoms with Crippen molar-refractivity contribution in [3.8, 4) is 0 Å². The fourth-order valence-corrected chi connectivity index (χ4v) is 2.58. The van der Waals surface area contributed by atoms with Gasteiger partial charge in [0, 0.05) is 28.7 Å². The SMILES string of the molecule is O=C(CCNCCc1ccccc1)Nc1cc(Cl)cc(Cl)c1. The van der Waals surface area contributed by atoms with E-state index >= 15 is 0 Å². The third kappa shape index (κ3) is 6.06. The lowest BCUT2D eigenvalue weighted by Gasteiger charge is -2.07. The summed E-state index contributed by atoms with van der Waals surface area (Å²) in [7, 11) is 0. The van der Waals surface area contributed by atoms with Gasteiger partial charge in [-0.15, -0.1) is 0 Å². The normalized spacial score (nSPS) is 10.5. The lowest BCUT2D eigenvalue weighted by Crippen LogP contribution is -2.23. The standard InChI is InChI=1S/C17H18Cl2N2O/c18-14-10-15(19)12-16(11-14)21-17(22)7-9-20-8-6-13-4-2-1-3-5-13/h1-5,10-12,20H,6-9H2,(H,21,22). The molecule has 2 N–H and O–H groups in total. The van der Waals surface area contributed by atoms with Gasteiger partial charge in [0.15, 0.2) is 0 Å². The highest BCUT2D eigenvalue weighted by molar-refractivity contribution is 6.35. The van der Waals surface area contributed by atoms with Gasteiger partial charge in [-0.3, -0.25) is 4.79 Å². The Labute approximate surface area is 140 Å². The lowest BCUT2D eigenvalue weighted by atomic mass is 10.1. The molecular formula is C17H18Cl2N2O. The van der Waals surface area contributed by atoms with Crippen molar-refractivity contribution >= 4 is 34.8 Å². The van der Waals surface area contributed by atoms with E-state index < -0.39 is 0 Å². The summed E-state index contributed by atoms with van der Waals surface area (Å²) in [6, 6.07) is 15.2. The minimum absolute atomic E-state index is 0.0643. The number of hydrogen-bond donors (Lipinski definition) is 2. The van der Waals surface area contributed by atoms with Gasteiger partial charge in [-0.25, -0.2) is 0 Å². The van der Waals surface area contributed by atoms with Crippen molar-refractivity contribution in [1.29, 1.82) is 0 Å². The van der Waals surface area contributed by atoms with Gasteiger partial charge >= 0.3 is 0 Å². The molecule has 0 unspecified atom stereocenters. The van der Waals surface area contributed by atoms with Crippen LogP contribution in [0.4, 0.5) is 5.69 Å². The Morgan fingerprint density at radius 2 is 1.64 bits per heavy atom. The molecule has 0 fully saturated rings. The van der Waals surface area contributed by atoms with Gasteiger partial charge in [-0.2, -0.15) is 0 Å². The fraction of sp³-hybridized carbons (Fsp3) is 0.235. The van der Waals surface area contributed by atoms with Crippen molar-refractivity contribution in [1.82, 2.24) is 5.32 Å². The second-order valence-corrected chi connectivity index (χ2v) is 5.81. The number of anilines is 1. The van der Waals surface area contributed by atoms with Gasteiger partial charge in [0.05, 0.1) is 0 Å². The van der Waals surface area contributed by atoms with Crippen LogP contribution in [0.3, 0.4) is 0 Å². The molecule has 0 saturated heterocycles. The Kier molecular flexibility index (Phi) is 6.72. The van der Waals surface area contributed by atoms with E-state index in [1.165, 1.54) is 5.56 Å². The van der Waals surface area contributed by atoms with Gasteiger partial charge in [-0.1, -0.05) is 53.5 Å².